The number of benzene rings is 3. The van der Waals surface area contributed by atoms with Gasteiger partial charge < -0.3 is 5.32 Å². The van der Waals surface area contributed by atoms with E-state index < -0.39 is 0 Å². The molecule has 0 radical (unpaired) electrons. The minimum absolute atomic E-state index is 0.0335. The van der Waals surface area contributed by atoms with Gasteiger partial charge in [0.1, 0.15) is 5.56 Å². The number of carbonyl (C=O) groups is 1. The van der Waals surface area contributed by atoms with Gasteiger partial charge in [0.15, 0.2) is 5.82 Å². The molecule has 5 rings (SSSR count). The monoisotopic (exact) mass is 438 g/mol. The summed E-state index contributed by atoms with van der Waals surface area (Å²) in [7, 11) is 0. The number of nitrogens with one attached hydrogen (secondary N) is 1. The molecule has 0 saturated carbocycles. The normalized spacial score (nSPS) is 15.0. The van der Waals surface area contributed by atoms with Crippen molar-refractivity contribution in [3.05, 3.63) is 102 Å². The summed E-state index contributed by atoms with van der Waals surface area (Å²) in [6.07, 6.45) is 2.39. The van der Waals surface area contributed by atoms with Crippen molar-refractivity contribution >= 4 is 34.9 Å². The molecule has 1 unspecified atom stereocenters. The fourth-order valence-corrected chi connectivity index (χ4v) is 4.77. The molecule has 0 aliphatic carbocycles. The van der Waals surface area contributed by atoms with Gasteiger partial charge in [0, 0.05) is 21.9 Å². The number of para-hydroxylation sites is 1. The first-order valence-electron chi connectivity index (χ1n) is 10.5. The molecule has 158 valence electrons. The average molecular weight is 439 g/mol. The molecule has 1 aliphatic rings. The molecule has 32 heavy (non-hydrogen) atoms. The van der Waals surface area contributed by atoms with E-state index in [2.05, 4.69) is 39.7 Å². The van der Waals surface area contributed by atoms with Crippen LogP contribution in [0.25, 0.3) is 0 Å². The fourth-order valence-electron chi connectivity index (χ4n) is 3.85. The Kier molecular flexibility index (Phi) is 5.60. The van der Waals surface area contributed by atoms with Gasteiger partial charge in [-0.05, 0) is 36.8 Å². The topological polar surface area (TPSA) is 59.3 Å². The second kappa shape index (κ2) is 8.85. The summed E-state index contributed by atoms with van der Waals surface area (Å²) in [6.45, 7) is 2.00. The third-order valence-electron chi connectivity index (χ3n) is 5.39. The minimum atomic E-state index is -0.211. The van der Waals surface area contributed by atoms with Crippen LogP contribution in [0.15, 0.2) is 106 Å². The van der Waals surface area contributed by atoms with E-state index in [-0.39, 0.29) is 11.9 Å². The predicted molar refractivity (Wildman–Crippen MR) is 129 cm³/mol. The Balaban J connectivity index is 1.43. The molecule has 5 nitrogen and oxygen atoms in total. The maximum Gasteiger partial charge on any atom is 0.261 e. The summed E-state index contributed by atoms with van der Waals surface area (Å²) in [5.41, 5.74) is 3.38. The molecule has 1 aromatic heterocycles. The Morgan fingerprint density at radius 3 is 2.44 bits per heavy atom. The molecule has 0 saturated heterocycles. The molecular weight excluding hydrogens is 416 g/mol. The number of anilines is 1. The van der Waals surface area contributed by atoms with Gasteiger partial charge in [-0.3, -0.25) is 4.79 Å². The zero-order chi connectivity index (χ0) is 21.9. The Bertz CT molecular complexity index is 1280. The van der Waals surface area contributed by atoms with E-state index in [1.807, 2.05) is 72.3 Å². The second-order valence-corrected chi connectivity index (χ2v) is 8.78. The zero-order valence-electron chi connectivity index (χ0n) is 17.6. The van der Waals surface area contributed by atoms with E-state index in [0.717, 1.165) is 33.2 Å². The first-order chi connectivity index (χ1) is 15.7. The van der Waals surface area contributed by atoms with Crippen LogP contribution in [0.2, 0.25) is 0 Å². The van der Waals surface area contributed by atoms with E-state index in [0.29, 0.717) is 11.4 Å². The van der Waals surface area contributed by atoms with Crippen LogP contribution in [0.3, 0.4) is 0 Å². The van der Waals surface area contributed by atoms with Crippen LogP contribution in [0.4, 0.5) is 11.5 Å². The lowest BCUT2D eigenvalue weighted by Gasteiger charge is -2.23. The number of nitrogens with zero attached hydrogens (tertiary/aromatic N) is 3. The summed E-state index contributed by atoms with van der Waals surface area (Å²) >= 11 is 1.62. The lowest BCUT2D eigenvalue weighted by molar-refractivity contribution is 0.102. The quantitative estimate of drug-likeness (QED) is 0.394. The van der Waals surface area contributed by atoms with Crippen molar-refractivity contribution in [1.29, 1.82) is 0 Å². The molecular formula is C26H22N4OS. The van der Waals surface area contributed by atoms with E-state index in [9.17, 15) is 4.79 Å². The van der Waals surface area contributed by atoms with Gasteiger partial charge in [0.25, 0.3) is 5.91 Å². The van der Waals surface area contributed by atoms with Crippen molar-refractivity contribution in [1.82, 2.24) is 9.78 Å². The van der Waals surface area contributed by atoms with Crippen LogP contribution in [0.1, 0.15) is 35.3 Å². The number of carbonyl (C=O) groups excluding carboxylic acids is 1. The van der Waals surface area contributed by atoms with Crippen molar-refractivity contribution < 1.29 is 4.79 Å². The average Bonchev–Trinajstić information content (AvgIpc) is 3.25. The van der Waals surface area contributed by atoms with Crippen LogP contribution in [0.5, 0.6) is 0 Å². The maximum atomic E-state index is 13.3. The molecule has 1 aliphatic heterocycles. The Morgan fingerprint density at radius 2 is 1.66 bits per heavy atom. The summed E-state index contributed by atoms with van der Waals surface area (Å²) < 4.78 is 1.86. The SMILES string of the molecule is CC1=Nc2c(C(=O)Nc3ccccc3Sc3ccccc3)cnn2C(c2ccccc2)C1. The van der Waals surface area contributed by atoms with Gasteiger partial charge in [-0.15, -0.1) is 0 Å². The molecule has 0 spiro atoms. The summed E-state index contributed by atoms with van der Waals surface area (Å²) in [5.74, 6) is 0.394. The Labute approximate surface area is 191 Å². The fraction of sp³-hybridized carbons (Fsp3) is 0.115. The third kappa shape index (κ3) is 4.09. The van der Waals surface area contributed by atoms with Crippen LogP contribution in [-0.2, 0) is 0 Å². The summed E-state index contributed by atoms with van der Waals surface area (Å²) in [5, 5.41) is 7.62. The molecule has 1 amide bonds. The molecule has 4 aromatic rings. The largest absolute Gasteiger partial charge is 0.321 e. The van der Waals surface area contributed by atoms with Crippen LogP contribution < -0.4 is 5.32 Å². The standard InChI is InChI=1S/C26H22N4OS/c1-18-16-23(19-10-4-2-5-11-19)30-25(28-18)21(17-27-30)26(31)29-22-14-8-9-15-24(22)32-20-12-6-3-7-13-20/h2-15,17,23H,16H2,1H3,(H,29,31). The van der Waals surface area contributed by atoms with Gasteiger partial charge >= 0.3 is 0 Å². The smallest absolute Gasteiger partial charge is 0.261 e. The highest BCUT2D eigenvalue weighted by atomic mass is 32.2. The van der Waals surface area contributed by atoms with Gasteiger partial charge in [-0.1, -0.05) is 72.4 Å². The van der Waals surface area contributed by atoms with Crippen molar-refractivity contribution in [3.8, 4) is 0 Å². The summed E-state index contributed by atoms with van der Waals surface area (Å²) in [4.78, 5) is 20.0. The van der Waals surface area contributed by atoms with Crippen LogP contribution in [0, 0.1) is 0 Å². The lowest BCUT2D eigenvalue weighted by atomic mass is 10.0. The molecule has 3 aromatic carbocycles. The van der Waals surface area contributed by atoms with Crippen LogP contribution >= 0.6 is 11.8 Å². The lowest BCUT2D eigenvalue weighted by Crippen LogP contribution is -2.20. The second-order valence-electron chi connectivity index (χ2n) is 7.67. The number of fused-ring (bicyclic) bond motifs is 1. The van der Waals surface area contributed by atoms with E-state index >= 15 is 0 Å². The van der Waals surface area contributed by atoms with Gasteiger partial charge in [0.05, 0.1) is 17.9 Å². The van der Waals surface area contributed by atoms with Gasteiger partial charge in [-0.25, -0.2) is 9.67 Å². The molecule has 1 atom stereocenters. The number of amides is 1. The minimum Gasteiger partial charge on any atom is -0.321 e. The van der Waals surface area contributed by atoms with Gasteiger partial charge in [-0.2, -0.15) is 5.10 Å². The number of aromatic nitrogens is 2. The van der Waals surface area contributed by atoms with Gasteiger partial charge in [0.2, 0.25) is 0 Å². The summed E-state index contributed by atoms with van der Waals surface area (Å²) in [6, 6.07) is 28.2. The third-order valence-corrected chi connectivity index (χ3v) is 6.47. The Hall–Kier alpha value is -3.64. The molecule has 0 fully saturated rings. The number of hydrogen-bond acceptors (Lipinski definition) is 4. The Morgan fingerprint density at radius 1 is 0.969 bits per heavy atom. The first-order valence-corrected chi connectivity index (χ1v) is 11.3. The predicted octanol–water partition coefficient (Wildman–Crippen LogP) is 6.37. The zero-order valence-corrected chi connectivity index (χ0v) is 18.4. The van der Waals surface area contributed by atoms with Crippen molar-refractivity contribution in [2.45, 2.75) is 29.2 Å². The number of aliphatic imine (C=N–C) groups is 1. The first kappa shape index (κ1) is 20.3. The van der Waals surface area contributed by atoms with E-state index in [1.165, 1.54) is 0 Å². The molecule has 0 bridgehead atoms. The highest BCUT2D eigenvalue weighted by molar-refractivity contribution is 7.99. The van der Waals surface area contributed by atoms with E-state index in [4.69, 9.17) is 0 Å². The van der Waals surface area contributed by atoms with Crippen LogP contribution in [-0.4, -0.2) is 21.4 Å². The number of rotatable bonds is 5. The van der Waals surface area contributed by atoms with E-state index in [1.54, 1.807) is 18.0 Å². The molecule has 2 heterocycles. The highest BCUT2D eigenvalue weighted by Crippen LogP contribution is 2.36. The van der Waals surface area contributed by atoms with Crippen molar-refractivity contribution in [3.63, 3.8) is 0 Å². The van der Waals surface area contributed by atoms with Crippen molar-refractivity contribution in [2.75, 3.05) is 5.32 Å². The maximum absolute atomic E-state index is 13.3. The molecule has 1 N–H and O–H groups in total. The van der Waals surface area contributed by atoms with Crippen molar-refractivity contribution in [2.24, 2.45) is 4.99 Å². The molecule has 6 heteroatoms. The highest BCUT2D eigenvalue weighted by Gasteiger charge is 2.27. The number of hydrogen-bond donors (Lipinski definition) is 1.